The summed E-state index contributed by atoms with van der Waals surface area (Å²) in [6.07, 6.45) is 6.20. The van der Waals surface area contributed by atoms with E-state index in [1.807, 2.05) is 0 Å². The van der Waals surface area contributed by atoms with Crippen LogP contribution in [0.2, 0.25) is 0 Å². The van der Waals surface area contributed by atoms with Gasteiger partial charge in [0.25, 0.3) is 0 Å². The van der Waals surface area contributed by atoms with E-state index in [4.69, 9.17) is 14.2 Å². The number of fused-ring (bicyclic) bond motifs is 7. The zero-order valence-electron chi connectivity index (χ0n) is 21.8. The molecule has 5 aliphatic carbocycles. The SMILES string of the molecule is CCOC(=O)C1(C(=O)OCC)[C@H]2[C@@H]1C(=O)C[C@@H]1CC[C@H]3[C@@H]4CC[C@H](OC(C)=O)[C@@]4(C)CC[C@@H]3[C@]12C. The highest BCUT2D eigenvalue weighted by molar-refractivity contribution is 6.11. The Kier molecular flexibility index (Phi) is 5.88. The maximum absolute atomic E-state index is 13.4. The minimum absolute atomic E-state index is 0.0217. The molecule has 0 aromatic rings. The third-order valence-corrected chi connectivity index (χ3v) is 11.1. The van der Waals surface area contributed by atoms with Gasteiger partial charge in [-0.3, -0.25) is 19.2 Å². The molecule has 0 aromatic heterocycles. The molecule has 0 unspecified atom stereocenters. The topological polar surface area (TPSA) is 96.0 Å². The fourth-order valence-corrected chi connectivity index (χ4v) is 9.76. The lowest BCUT2D eigenvalue weighted by atomic mass is 9.44. The summed E-state index contributed by atoms with van der Waals surface area (Å²) in [7, 11) is 0. The van der Waals surface area contributed by atoms with Crippen LogP contribution in [0.1, 0.15) is 79.6 Å². The first kappa shape index (κ1) is 24.8. The third kappa shape index (κ3) is 3.14. The molecule has 9 atom stereocenters. The number of rotatable bonds is 5. The Morgan fingerprint density at radius 1 is 0.914 bits per heavy atom. The van der Waals surface area contributed by atoms with Gasteiger partial charge in [-0.2, -0.15) is 0 Å². The summed E-state index contributed by atoms with van der Waals surface area (Å²) in [6, 6.07) is 0. The van der Waals surface area contributed by atoms with E-state index in [1.54, 1.807) is 13.8 Å². The number of hydrogen-bond donors (Lipinski definition) is 0. The molecule has 0 spiro atoms. The lowest BCUT2D eigenvalue weighted by Crippen LogP contribution is -2.56. The highest BCUT2D eigenvalue weighted by atomic mass is 16.6. The van der Waals surface area contributed by atoms with Gasteiger partial charge in [-0.05, 0) is 81.5 Å². The van der Waals surface area contributed by atoms with E-state index in [9.17, 15) is 19.2 Å². The molecule has 0 aliphatic heterocycles. The second-order valence-corrected chi connectivity index (χ2v) is 12.2. The molecule has 5 fully saturated rings. The van der Waals surface area contributed by atoms with Gasteiger partial charge in [-0.15, -0.1) is 0 Å². The highest BCUT2D eigenvalue weighted by Gasteiger charge is 2.86. The lowest BCUT2D eigenvalue weighted by Gasteiger charge is -2.60. The summed E-state index contributed by atoms with van der Waals surface area (Å²) in [5, 5.41) is 0. The Morgan fingerprint density at radius 3 is 2.17 bits per heavy atom. The first-order valence-corrected chi connectivity index (χ1v) is 13.6. The molecular weight excluding hydrogens is 448 g/mol. The van der Waals surface area contributed by atoms with Crippen molar-refractivity contribution in [3.63, 3.8) is 0 Å². The maximum atomic E-state index is 13.4. The van der Waals surface area contributed by atoms with Crippen molar-refractivity contribution in [2.45, 2.75) is 85.7 Å². The Balaban J connectivity index is 1.52. The fourth-order valence-electron chi connectivity index (χ4n) is 9.76. The van der Waals surface area contributed by atoms with E-state index in [0.29, 0.717) is 24.2 Å². The molecule has 0 aromatic carbocycles. The van der Waals surface area contributed by atoms with Crippen LogP contribution in [0.25, 0.3) is 0 Å². The number of carbonyl (C=O) groups is 4. The van der Waals surface area contributed by atoms with Gasteiger partial charge < -0.3 is 14.2 Å². The van der Waals surface area contributed by atoms with Crippen LogP contribution in [0.4, 0.5) is 0 Å². The number of Topliss-reactive ketones (excluding diaryl/α,β-unsaturated/α-hetero) is 1. The van der Waals surface area contributed by atoms with E-state index < -0.39 is 23.3 Å². The van der Waals surface area contributed by atoms with E-state index >= 15 is 0 Å². The van der Waals surface area contributed by atoms with Crippen molar-refractivity contribution in [3.05, 3.63) is 0 Å². The third-order valence-electron chi connectivity index (χ3n) is 11.1. The molecule has 5 saturated carbocycles. The second-order valence-electron chi connectivity index (χ2n) is 12.2. The number of esters is 3. The first-order chi connectivity index (χ1) is 16.6. The Hall–Kier alpha value is -1.92. The Bertz CT molecular complexity index is 924. The van der Waals surface area contributed by atoms with Crippen molar-refractivity contribution < 1.29 is 33.4 Å². The molecule has 5 rings (SSSR count). The zero-order valence-corrected chi connectivity index (χ0v) is 21.8. The average molecular weight is 489 g/mol. The van der Waals surface area contributed by atoms with Crippen LogP contribution in [0.15, 0.2) is 0 Å². The molecule has 35 heavy (non-hydrogen) atoms. The van der Waals surface area contributed by atoms with Gasteiger partial charge in [0, 0.05) is 30.6 Å². The summed E-state index contributed by atoms with van der Waals surface area (Å²) < 4.78 is 16.6. The Labute approximate surface area is 208 Å². The zero-order chi connectivity index (χ0) is 25.3. The van der Waals surface area contributed by atoms with Crippen LogP contribution < -0.4 is 0 Å². The van der Waals surface area contributed by atoms with Crippen LogP contribution in [-0.4, -0.2) is 43.0 Å². The lowest BCUT2D eigenvalue weighted by molar-refractivity contribution is -0.170. The molecule has 0 heterocycles. The van der Waals surface area contributed by atoms with Crippen LogP contribution >= 0.6 is 0 Å². The summed E-state index contributed by atoms with van der Waals surface area (Å²) in [6.45, 7) is 9.82. The van der Waals surface area contributed by atoms with Crippen molar-refractivity contribution in [2.75, 3.05) is 13.2 Å². The van der Waals surface area contributed by atoms with Crippen molar-refractivity contribution in [2.24, 2.45) is 51.8 Å². The summed E-state index contributed by atoms with van der Waals surface area (Å²) in [5.41, 5.74) is -1.84. The van der Waals surface area contributed by atoms with Crippen LogP contribution in [0.5, 0.6) is 0 Å². The fraction of sp³-hybridized carbons (Fsp3) is 0.857. The van der Waals surface area contributed by atoms with Crippen molar-refractivity contribution in [1.29, 1.82) is 0 Å². The highest BCUT2D eigenvalue weighted by Crippen LogP contribution is 2.78. The standard InChI is InChI=1S/C28H40O7/c1-6-33-24(31)28(25(32)34-7-2)22-20(30)14-16-8-9-17-18-10-11-21(35-15(3)29)26(18,4)13-12-19(17)27(16,5)23(22)28/h16-19,21-23H,6-14H2,1-5H3/t16-,17-,18-,19-,21-,22-,23-,26-,27-/m0/s1. The van der Waals surface area contributed by atoms with Gasteiger partial charge in [-0.25, -0.2) is 0 Å². The summed E-state index contributed by atoms with van der Waals surface area (Å²) in [4.78, 5) is 51.9. The van der Waals surface area contributed by atoms with Crippen LogP contribution in [0.3, 0.4) is 0 Å². The smallest absolute Gasteiger partial charge is 0.324 e. The predicted octanol–water partition coefficient (Wildman–Crippen LogP) is 4.11. The number of hydrogen-bond acceptors (Lipinski definition) is 7. The van der Waals surface area contributed by atoms with E-state index in [2.05, 4.69) is 13.8 Å². The van der Waals surface area contributed by atoms with Crippen molar-refractivity contribution in [1.82, 2.24) is 0 Å². The molecule has 0 amide bonds. The van der Waals surface area contributed by atoms with Gasteiger partial charge in [0.2, 0.25) is 0 Å². The second kappa shape index (κ2) is 8.31. The number of ketones is 1. The van der Waals surface area contributed by atoms with Gasteiger partial charge in [0.15, 0.2) is 5.41 Å². The molecule has 5 aliphatic rings. The average Bonchev–Trinajstić information content (AvgIpc) is 3.43. The minimum atomic E-state index is -1.49. The Morgan fingerprint density at radius 2 is 1.57 bits per heavy atom. The summed E-state index contributed by atoms with van der Waals surface area (Å²) >= 11 is 0. The van der Waals surface area contributed by atoms with E-state index in [1.165, 1.54) is 6.92 Å². The van der Waals surface area contributed by atoms with Gasteiger partial charge in [0.1, 0.15) is 11.9 Å². The quantitative estimate of drug-likeness (QED) is 0.326. The molecule has 0 bridgehead atoms. The van der Waals surface area contributed by atoms with Gasteiger partial charge in [0.05, 0.1) is 13.2 Å². The molecular formula is C28H40O7. The predicted molar refractivity (Wildman–Crippen MR) is 126 cm³/mol. The molecule has 7 nitrogen and oxygen atoms in total. The normalized spacial score (nSPS) is 44.7. The van der Waals surface area contributed by atoms with Crippen molar-refractivity contribution in [3.8, 4) is 0 Å². The first-order valence-electron chi connectivity index (χ1n) is 13.6. The monoisotopic (exact) mass is 488 g/mol. The minimum Gasteiger partial charge on any atom is -0.465 e. The van der Waals surface area contributed by atoms with Crippen LogP contribution in [-0.2, 0) is 33.4 Å². The molecule has 0 saturated heterocycles. The molecule has 0 radical (unpaired) electrons. The molecule has 0 N–H and O–H groups in total. The largest absolute Gasteiger partial charge is 0.465 e. The number of ether oxygens (including phenoxy) is 3. The van der Waals surface area contributed by atoms with Crippen LogP contribution in [0, 0.1) is 51.8 Å². The molecule has 7 heteroatoms. The van der Waals surface area contributed by atoms with Crippen molar-refractivity contribution >= 4 is 23.7 Å². The number of carbonyl (C=O) groups excluding carboxylic acids is 4. The van der Waals surface area contributed by atoms with Gasteiger partial charge in [-0.1, -0.05) is 13.8 Å². The maximum Gasteiger partial charge on any atom is 0.324 e. The van der Waals surface area contributed by atoms with E-state index in [0.717, 1.165) is 38.5 Å². The van der Waals surface area contributed by atoms with E-state index in [-0.39, 0.29) is 53.7 Å². The summed E-state index contributed by atoms with van der Waals surface area (Å²) in [5.74, 6) is -0.980. The van der Waals surface area contributed by atoms with Gasteiger partial charge >= 0.3 is 17.9 Å². The molecule has 194 valence electrons.